The van der Waals surface area contributed by atoms with Gasteiger partial charge in [-0.25, -0.2) is 0 Å². The highest BCUT2D eigenvalue weighted by Crippen LogP contribution is 2.49. The highest BCUT2D eigenvalue weighted by atomic mass is 16.2. The molecule has 1 unspecified atom stereocenters. The van der Waals surface area contributed by atoms with Crippen molar-refractivity contribution in [1.29, 1.82) is 0 Å². The number of amides is 1. The zero-order valence-corrected chi connectivity index (χ0v) is 17.9. The van der Waals surface area contributed by atoms with Gasteiger partial charge in [0.15, 0.2) is 0 Å². The van der Waals surface area contributed by atoms with Gasteiger partial charge >= 0.3 is 0 Å². The van der Waals surface area contributed by atoms with Crippen LogP contribution in [0.1, 0.15) is 43.9 Å². The molecule has 3 aromatic carbocycles. The van der Waals surface area contributed by atoms with Gasteiger partial charge in [-0.2, -0.15) is 0 Å². The Bertz CT molecular complexity index is 1210. The van der Waals surface area contributed by atoms with Gasteiger partial charge in [0.1, 0.15) is 5.78 Å². The lowest BCUT2D eigenvalue weighted by Crippen LogP contribution is -2.54. The van der Waals surface area contributed by atoms with Crippen molar-refractivity contribution in [2.75, 3.05) is 6.54 Å². The normalized spacial score (nSPS) is 23.4. The van der Waals surface area contributed by atoms with Crippen LogP contribution in [0.15, 0.2) is 71.7 Å². The van der Waals surface area contributed by atoms with Gasteiger partial charge in [0, 0.05) is 24.6 Å². The number of hydrogen-bond acceptors (Lipinski definition) is 3. The van der Waals surface area contributed by atoms with Crippen LogP contribution in [-0.4, -0.2) is 29.3 Å². The molecule has 1 amide bonds. The number of Topliss-reactive ketones (excluding diaryl/α,β-unsaturated/α-hetero) is 1. The van der Waals surface area contributed by atoms with Crippen LogP contribution in [0.25, 0.3) is 10.8 Å². The van der Waals surface area contributed by atoms with E-state index in [0.29, 0.717) is 6.54 Å². The zero-order valence-electron chi connectivity index (χ0n) is 17.9. The monoisotopic (exact) mass is 410 g/mol. The van der Waals surface area contributed by atoms with E-state index in [4.69, 9.17) is 0 Å². The van der Waals surface area contributed by atoms with Gasteiger partial charge in [-0.15, -0.1) is 0 Å². The number of nitrogens with zero attached hydrogens (tertiary/aromatic N) is 2. The van der Waals surface area contributed by atoms with Crippen molar-refractivity contribution in [3.63, 3.8) is 0 Å². The Hall–Kier alpha value is -3.27. The maximum absolute atomic E-state index is 13.9. The third kappa shape index (κ3) is 3.09. The first kappa shape index (κ1) is 19.7. The Kier molecular flexibility index (Phi) is 4.73. The lowest BCUT2D eigenvalue weighted by Gasteiger charge is -2.46. The molecule has 4 heteroatoms. The highest BCUT2D eigenvalue weighted by Gasteiger charge is 2.52. The number of fused-ring (bicyclic) bond motifs is 3. The van der Waals surface area contributed by atoms with Crippen LogP contribution in [-0.2, 0) is 15.0 Å². The van der Waals surface area contributed by atoms with E-state index in [0.717, 1.165) is 23.2 Å². The van der Waals surface area contributed by atoms with Crippen molar-refractivity contribution in [2.24, 2.45) is 10.9 Å². The van der Waals surface area contributed by atoms with Crippen molar-refractivity contribution in [3.05, 3.63) is 77.9 Å². The van der Waals surface area contributed by atoms with E-state index in [9.17, 15) is 9.59 Å². The first-order chi connectivity index (χ1) is 15.0. The van der Waals surface area contributed by atoms with Crippen LogP contribution in [0.3, 0.4) is 0 Å². The first-order valence-electron chi connectivity index (χ1n) is 10.9. The zero-order chi connectivity index (χ0) is 21.6. The van der Waals surface area contributed by atoms with Gasteiger partial charge < -0.3 is 9.69 Å². The molecule has 1 saturated heterocycles. The summed E-state index contributed by atoms with van der Waals surface area (Å²) in [5, 5.41) is 2.34. The molecule has 0 radical (unpaired) electrons. The number of carbonyl (C=O) groups is 2. The standard InChI is InChI=1S/C27H26N2O2/c1-18(30)16-24-26(31)29(15-14-27(24)17-28-25-13-6-5-12-23(25)27)19(2)21-11-7-9-20-8-3-4-10-22(20)21/h3-13,17,19,24H,14-16H2,1-2H3/t19?,24-,27+/m1/s1. The molecular weight excluding hydrogens is 384 g/mol. The Morgan fingerprint density at radius 2 is 1.84 bits per heavy atom. The van der Waals surface area contributed by atoms with Gasteiger partial charge in [-0.3, -0.25) is 9.79 Å². The molecule has 0 aliphatic carbocycles. The SMILES string of the molecule is CC(=O)C[C@@H]1C(=O)N(C(C)c2cccc3ccccc23)CC[C@@]12C=Nc1ccccc12. The summed E-state index contributed by atoms with van der Waals surface area (Å²) in [6.45, 7) is 4.31. The molecule has 156 valence electrons. The number of benzene rings is 3. The first-order valence-corrected chi connectivity index (χ1v) is 10.9. The second-order valence-electron chi connectivity index (χ2n) is 8.80. The smallest absolute Gasteiger partial charge is 0.227 e. The quantitative estimate of drug-likeness (QED) is 0.580. The molecule has 0 aromatic heterocycles. The van der Waals surface area contributed by atoms with E-state index < -0.39 is 11.3 Å². The van der Waals surface area contributed by atoms with E-state index in [2.05, 4.69) is 48.3 Å². The van der Waals surface area contributed by atoms with Crippen LogP contribution in [0.4, 0.5) is 5.69 Å². The maximum atomic E-state index is 13.9. The molecule has 1 fully saturated rings. The average Bonchev–Trinajstić information content (AvgIpc) is 3.15. The number of aliphatic imine (C=N–C) groups is 1. The summed E-state index contributed by atoms with van der Waals surface area (Å²) in [6.07, 6.45) is 2.94. The van der Waals surface area contributed by atoms with E-state index in [1.54, 1.807) is 6.92 Å². The lowest BCUT2D eigenvalue weighted by molar-refractivity contribution is -0.145. The molecular formula is C27H26N2O2. The van der Waals surface area contributed by atoms with Crippen molar-refractivity contribution in [1.82, 2.24) is 4.90 Å². The summed E-state index contributed by atoms with van der Waals surface area (Å²) >= 11 is 0. The molecule has 2 heterocycles. The predicted octanol–water partition coefficient (Wildman–Crippen LogP) is 5.38. The number of hydrogen-bond donors (Lipinski definition) is 0. The van der Waals surface area contributed by atoms with E-state index in [-0.39, 0.29) is 24.2 Å². The maximum Gasteiger partial charge on any atom is 0.227 e. The van der Waals surface area contributed by atoms with Crippen LogP contribution < -0.4 is 0 Å². The van der Waals surface area contributed by atoms with Gasteiger partial charge in [0.25, 0.3) is 0 Å². The fourth-order valence-electron chi connectivity index (χ4n) is 5.45. The number of carbonyl (C=O) groups excluding carboxylic acids is 2. The molecule has 3 aromatic rings. The number of rotatable bonds is 4. The third-order valence-electron chi connectivity index (χ3n) is 7.04. The fourth-order valence-corrected chi connectivity index (χ4v) is 5.45. The molecule has 0 N–H and O–H groups in total. The van der Waals surface area contributed by atoms with Crippen molar-refractivity contribution in [2.45, 2.75) is 38.1 Å². The Labute approximate surface area is 182 Å². The molecule has 0 saturated carbocycles. The van der Waals surface area contributed by atoms with Crippen LogP contribution in [0.5, 0.6) is 0 Å². The molecule has 0 bridgehead atoms. The van der Waals surface area contributed by atoms with Crippen molar-refractivity contribution in [3.8, 4) is 0 Å². The Balaban J connectivity index is 1.54. The van der Waals surface area contributed by atoms with Crippen LogP contribution in [0, 0.1) is 5.92 Å². The van der Waals surface area contributed by atoms with Gasteiger partial charge in [-0.05, 0) is 48.2 Å². The summed E-state index contributed by atoms with van der Waals surface area (Å²) in [5.41, 5.74) is 2.64. The van der Waals surface area contributed by atoms with Crippen LogP contribution >= 0.6 is 0 Å². The minimum absolute atomic E-state index is 0.0372. The summed E-state index contributed by atoms with van der Waals surface area (Å²) in [4.78, 5) is 32.7. The van der Waals surface area contributed by atoms with Crippen molar-refractivity contribution >= 4 is 34.4 Å². The largest absolute Gasteiger partial charge is 0.336 e. The molecule has 3 atom stereocenters. The van der Waals surface area contributed by atoms with E-state index in [1.807, 2.05) is 41.4 Å². The summed E-state index contributed by atoms with van der Waals surface area (Å²) in [7, 11) is 0. The lowest BCUT2D eigenvalue weighted by atomic mass is 9.65. The topological polar surface area (TPSA) is 49.7 Å². The van der Waals surface area contributed by atoms with Crippen LogP contribution in [0.2, 0.25) is 0 Å². The number of ketones is 1. The Morgan fingerprint density at radius 3 is 2.68 bits per heavy atom. The molecule has 5 rings (SSSR count). The number of likely N-dealkylation sites (tertiary alicyclic amines) is 1. The molecule has 4 nitrogen and oxygen atoms in total. The van der Waals surface area contributed by atoms with Crippen molar-refractivity contribution < 1.29 is 9.59 Å². The summed E-state index contributed by atoms with van der Waals surface area (Å²) in [5.74, 6) is -0.344. The van der Waals surface area contributed by atoms with Gasteiger partial charge in [0.05, 0.1) is 17.6 Å². The molecule has 1 spiro atoms. The van der Waals surface area contributed by atoms with E-state index >= 15 is 0 Å². The summed E-state index contributed by atoms with van der Waals surface area (Å²) < 4.78 is 0. The minimum Gasteiger partial charge on any atom is -0.336 e. The van der Waals surface area contributed by atoms with E-state index in [1.165, 1.54) is 10.8 Å². The number of piperidine rings is 1. The highest BCUT2D eigenvalue weighted by molar-refractivity contribution is 5.97. The number of para-hydroxylation sites is 1. The minimum atomic E-state index is -0.492. The third-order valence-corrected chi connectivity index (χ3v) is 7.04. The average molecular weight is 411 g/mol. The second kappa shape index (κ2) is 7.45. The molecule has 31 heavy (non-hydrogen) atoms. The molecule has 2 aliphatic heterocycles. The molecule has 2 aliphatic rings. The fraction of sp³-hybridized carbons (Fsp3) is 0.296. The second-order valence-corrected chi connectivity index (χ2v) is 8.80. The Morgan fingerprint density at radius 1 is 1.10 bits per heavy atom. The van der Waals surface area contributed by atoms with Gasteiger partial charge in [0.2, 0.25) is 5.91 Å². The van der Waals surface area contributed by atoms with Gasteiger partial charge in [-0.1, -0.05) is 60.7 Å². The predicted molar refractivity (Wildman–Crippen MR) is 124 cm³/mol. The summed E-state index contributed by atoms with van der Waals surface area (Å²) in [6, 6.07) is 22.5.